The second kappa shape index (κ2) is 6.28. The molecule has 0 aliphatic heterocycles. The number of hydrogen-bond donors (Lipinski definition) is 1. The van der Waals surface area contributed by atoms with E-state index in [1.165, 1.54) is 0 Å². The predicted octanol–water partition coefficient (Wildman–Crippen LogP) is 2.84. The van der Waals surface area contributed by atoms with E-state index < -0.39 is 11.9 Å². The van der Waals surface area contributed by atoms with E-state index in [2.05, 4.69) is 6.92 Å². The average molecular weight is 252 g/mol. The fraction of sp³-hybridized carbons (Fsp3) is 0.500. The summed E-state index contributed by atoms with van der Waals surface area (Å²) >= 11 is 0. The molecule has 0 bridgehead atoms. The molecule has 100 valence electrons. The maximum Gasteiger partial charge on any atom is 0.310 e. The Balaban J connectivity index is 3.29. The van der Waals surface area contributed by atoms with Crippen LogP contribution in [-0.4, -0.2) is 25.3 Å². The molecule has 0 heterocycles. The largest absolute Gasteiger partial charge is 0.496 e. The minimum atomic E-state index is -0.876. The molecule has 0 amide bonds. The second-order valence-electron chi connectivity index (χ2n) is 4.22. The molecule has 1 aromatic rings. The summed E-state index contributed by atoms with van der Waals surface area (Å²) in [6.45, 7) is 3.72. The maximum absolute atomic E-state index is 11.1. The summed E-state index contributed by atoms with van der Waals surface area (Å²) in [5.74, 6) is -0.168. The first-order valence-electron chi connectivity index (χ1n) is 6.02. The number of carboxylic acids is 1. The van der Waals surface area contributed by atoms with Crippen molar-refractivity contribution in [1.82, 2.24) is 0 Å². The molecule has 0 radical (unpaired) electrons. The molecule has 1 aromatic carbocycles. The van der Waals surface area contributed by atoms with Crippen molar-refractivity contribution in [2.24, 2.45) is 0 Å². The summed E-state index contributed by atoms with van der Waals surface area (Å²) in [5, 5.41) is 9.10. The number of benzene rings is 1. The van der Waals surface area contributed by atoms with Gasteiger partial charge in [0.15, 0.2) is 0 Å². The maximum atomic E-state index is 11.1. The quantitative estimate of drug-likeness (QED) is 0.845. The lowest BCUT2D eigenvalue weighted by atomic mass is 9.96. The van der Waals surface area contributed by atoms with Crippen molar-refractivity contribution in [3.05, 3.63) is 23.3 Å². The van der Waals surface area contributed by atoms with Gasteiger partial charge in [0, 0.05) is 5.56 Å². The first-order chi connectivity index (χ1) is 8.54. The van der Waals surface area contributed by atoms with Crippen LogP contribution < -0.4 is 9.47 Å². The van der Waals surface area contributed by atoms with Gasteiger partial charge in [-0.3, -0.25) is 4.79 Å². The second-order valence-corrected chi connectivity index (χ2v) is 4.22. The Bertz CT molecular complexity index is 426. The van der Waals surface area contributed by atoms with Crippen LogP contribution in [0.4, 0.5) is 0 Å². The average Bonchev–Trinajstić information content (AvgIpc) is 2.37. The smallest absolute Gasteiger partial charge is 0.310 e. The first-order valence-corrected chi connectivity index (χ1v) is 6.02. The number of carboxylic acid groups (broad SMARTS) is 1. The van der Waals surface area contributed by atoms with E-state index in [-0.39, 0.29) is 0 Å². The van der Waals surface area contributed by atoms with Gasteiger partial charge in [0.05, 0.1) is 20.1 Å². The van der Waals surface area contributed by atoms with Crippen LogP contribution in [0.1, 0.15) is 37.3 Å². The molecule has 4 nitrogen and oxygen atoms in total. The predicted molar refractivity (Wildman–Crippen MR) is 69.6 cm³/mol. The van der Waals surface area contributed by atoms with Gasteiger partial charge in [-0.2, -0.15) is 0 Å². The Hall–Kier alpha value is -1.71. The van der Waals surface area contributed by atoms with Gasteiger partial charge in [0.1, 0.15) is 11.5 Å². The first kappa shape index (κ1) is 14.4. The number of hydrogen-bond acceptors (Lipinski definition) is 3. The van der Waals surface area contributed by atoms with Gasteiger partial charge in [-0.15, -0.1) is 0 Å². The highest BCUT2D eigenvalue weighted by Crippen LogP contribution is 2.34. The summed E-state index contributed by atoms with van der Waals surface area (Å²) in [6, 6.07) is 3.64. The third-order valence-electron chi connectivity index (χ3n) is 2.99. The fourth-order valence-corrected chi connectivity index (χ4v) is 1.92. The van der Waals surface area contributed by atoms with Gasteiger partial charge in [0.2, 0.25) is 0 Å². The fourth-order valence-electron chi connectivity index (χ4n) is 1.92. The zero-order chi connectivity index (χ0) is 13.7. The summed E-state index contributed by atoms with van der Waals surface area (Å²) < 4.78 is 10.6. The number of aliphatic carboxylic acids is 1. The zero-order valence-corrected chi connectivity index (χ0v) is 11.3. The van der Waals surface area contributed by atoms with Crippen molar-refractivity contribution in [2.45, 2.75) is 32.6 Å². The number of ether oxygens (including phenoxy) is 2. The van der Waals surface area contributed by atoms with Crippen molar-refractivity contribution in [3.8, 4) is 11.5 Å². The van der Waals surface area contributed by atoms with Crippen LogP contribution in [0.3, 0.4) is 0 Å². The van der Waals surface area contributed by atoms with Crippen LogP contribution in [-0.2, 0) is 11.2 Å². The van der Waals surface area contributed by atoms with Gasteiger partial charge in [-0.1, -0.05) is 13.3 Å². The zero-order valence-electron chi connectivity index (χ0n) is 11.3. The third kappa shape index (κ3) is 2.94. The van der Waals surface area contributed by atoms with E-state index in [4.69, 9.17) is 14.6 Å². The molecule has 1 N–H and O–H groups in total. The van der Waals surface area contributed by atoms with Crippen LogP contribution >= 0.6 is 0 Å². The van der Waals surface area contributed by atoms with E-state index in [9.17, 15) is 4.79 Å². The summed E-state index contributed by atoms with van der Waals surface area (Å²) in [4.78, 5) is 11.1. The Morgan fingerprint density at radius 1 is 1.28 bits per heavy atom. The normalized spacial score (nSPS) is 12.0. The molecule has 1 atom stereocenters. The Morgan fingerprint density at radius 3 is 2.33 bits per heavy atom. The van der Waals surface area contributed by atoms with Crippen LogP contribution in [0.2, 0.25) is 0 Å². The van der Waals surface area contributed by atoms with Crippen LogP contribution in [0.5, 0.6) is 11.5 Å². The summed E-state index contributed by atoms with van der Waals surface area (Å²) in [5.41, 5.74) is 1.68. The minimum Gasteiger partial charge on any atom is -0.496 e. The molecule has 0 fully saturated rings. The van der Waals surface area contributed by atoms with E-state index in [0.29, 0.717) is 11.3 Å². The summed E-state index contributed by atoms with van der Waals surface area (Å²) in [7, 11) is 3.14. The van der Waals surface area contributed by atoms with Crippen LogP contribution in [0, 0.1) is 0 Å². The molecule has 4 heteroatoms. The molecule has 0 spiro atoms. The Kier molecular flexibility index (Phi) is 5.01. The molecule has 0 aliphatic carbocycles. The van der Waals surface area contributed by atoms with E-state index in [1.54, 1.807) is 27.2 Å². The standard InChI is InChI=1S/C14H20O4/c1-5-6-10-7-13(18-4)11(8-12(10)17-3)9(2)14(15)16/h7-9H,5-6H2,1-4H3,(H,15,16). The number of aryl methyl sites for hydroxylation is 1. The van der Waals surface area contributed by atoms with Crippen molar-refractivity contribution in [1.29, 1.82) is 0 Å². The van der Waals surface area contributed by atoms with E-state index in [0.717, 1.165) is 24.2 Å². The van der Waals surface area contributed by atoms with Crippen LogP contribution in [0.25, 0.3) is 0 Å². The lowest BCUT2D eigenvalue weighted by Gasteiger charge is -2.16. The van der Waals surface area contributed by atoms with Gasteiger partial charge in [-0.05, 0) is 31.0 Å². The molecule has 0 saturated heterocycles. The Labute approximate surface area is 108 Å². The molecule has 0 aromatic heterocycles. The molecule has 0 saturated carbocycles. The lowest BCUT2D eigenvalue weighted by molar-refractivity contribution is -0.138. The monoisotopic (exact) mass is 252 g/mol. The molecular weight excluding hydrogens is 232 g/mol. The van der Waals surface area contributed by atoms with Crippen molar-refractivity contribution in [2.75, 3.05) is 14.2 Å². The van der Waals surface area contributed by atoms with Gasteiger partial charge in [-0.25, -0.2) is 0 Å². The third-order valence-corrected chi connectivity index (χ3v) is 2.99. The highest BCUT2D eigenvalue weighted by atomic mass is 16.5. The highest BCUT2D eigenvalue weighted by Gasteiger charge is 2.20. The van der Waals surface area contributed by atoms with Crippen molar-refractivity contribution < 1.29 is 19.4 Å². The van der Waals surface area contributed by atoms with Crippen molar-refractivity contribution in [3.63, 3.8) is 0 Å². The lowest BCUT2D eigenvalue weighted by Crippen LogP contribution is -2.10. The number of rotatable bonds is 6. The van der Waals surface area contributed by atoms with Gasteiger partial charge in [0.25, 0.3) is 0 Å². The molecule has 18 heavy (non-hydrogen) atoms. The minimum absolute atomic E-state index is 0.606. The highest BCUT2D eigenvalue weighted by molar-refractivity contribution is 5.77. The van der Waals surface area contributed by atoms with E-state index >= 15 is 0 Å². The van der Waals surface area contributed by atoms with Gasteiger partial charge >= 0.3 is 5.97 Å². The SMILES string of the molecule is CCCc1cc(OC)c(C(C)C(=O)O)cc1OC. The van der Waals surface area contributed by atoms with Crippen LogP contribution in [0.15, 0.2) is 12.1 Å². The number of methoxy groups -OCH3 is 2. The molecular formula is C14H20O4. The Morgan fingerprint density at radius 2 is 1.89 bits per heavy atom. The van der Waals surface area contributed by atoms with E-state index in [1.807, 2.05) is 6.07 Å². The number of carbonyl (C=O) groups is 1. The molecule has 1 unspecified atom stereocenters. The summed E-state index contributed by atoms with van der Waals surface area (Å²) in [6.07, 6.45) is 1.87. The molecule has 0 aliphatic rings. The van der Waals surface area contributed by atoms with Crippen molar-refractivity contribution >= 4 is 5.97 Å². The topological polar surface area (TPSA) is 55.8 Å². The van der Waals surface area contributed by atoms with Gasteiger partial charge < -0.3 is 14.6 Å². The molecule has 1 rings (SSSR count).